The zero-order chi connectivity index (χ0) is 29.8. The molecule has 9 rings (SSSR count). The first-order valence-corrected chi connectivity index (χ1v) is 15.8. The molecule has 2 aliphatic rings. The van der Waals surface area contributed by atoms with Crippen LogP contribution in [0.5, 0.6) is 0 Å². The lowest BCUT2D eigenvalue weighted by atomic mass is 9.74. The largest absolute Gasteiger partial charge is 0.0622 e. The molecule has 7 aromatic rings. The van der Waals surface area contributed by atoms with Gasteiger partial charge in [0.25, 0.3) is 0 Å². The lowest BCUT2D eigenvalue weighted by Crippen LogP contribution is -2.18. The molecule has 0 spiro atoms. The average Bonchev–Trinajstić information content (AvgIpc) is 3.44. The van der Waals surface area contributed by atoms with Crippen LogP contribution in [0.3, 0.4) is 0 Å². The van der Waals surface area contributed by atoms with E-state index in [-0.39, 0.29) is 10.8 Å². The maximum atomic E-state index is 2.58. The molecule has 44 heavy (non-hydrogen) atoms. The Labute approximate surface area is 259 Å². The summed E-state index contributed by atoms with van der Waals surface area (Å²) >= 11 is 0. The van der Waals surface area contributed by atoms with E-state index in [0.29, 0.717) is 0 Å². The third-order valence-corrected chi connectivity index (χ3v) is 10.6. The van der Waals surface area contributed by atoms with Gasteiger partial charge in [0.15, 0.2) is 0 Å². The predicted octanol–water partition coefficient (Wildman–Crippen LogP) is 11.9. The Bertz CT molecular complexity index is 2260. The van der Waals surface area contributed by atoms with Gasteiger partial charge in [0, 0.05) is 10.8 Å². The Balaban J connectivity index is 1.51. The topological polar surface area (TPSA) is 0 Å². The Kier molecular flexibility index (Phi) is 5.11. The van der Waals surface area contributed by atoms with Crippen molar-refractivity contribution in [2.45, 2.75) is 38.5 Å². The molecule has 0 fully saturated rings. The van der Waals surface area contributed by atoms with E-state index >= 15 is 0 Å². The van der Waals surface area contributed by atoms with Crippen LogP contribution < -0.4 is 0 Å². The second kappa shape index (κ2) is 8.80. The van der Waals surface area contributed by atoms with Crippen molar-refractivity contribution >= 4 is 21.5 Å². The third kappa shape index (κ3) is 3.18. The second-order valence-corrected chi connectivity index (χ2v) is 13.6. The number of hydrogen-bond donors (Lipinski definition) is 0. The molecule has 7 aromatic carbocycles. The van der Waals surface area contributed by atoms with Crippen molar-refractivity contribution in [2.75, 3.05) is 0 Å². The van der Waals surface area contributed by atoms with Gasteiger partial charge in [0.05, 0.1) is 0 Å². The molecule has 2 aliphatic carbocycles. The van der Waals surface area contributed by atoms with Crippen molar-refractivity contribution < 1.29 is 0 Å². The maximum Gasteiger partial charge on any atom is 0.0165 e. The molecule has 0 bridgehead atoms. The summed E-state index contributed by atoms with van der Waals surface area (Å²) in [5.74, 6) is 0. The second-order valence-electron chi connectivity index (χ2n) is 13.6. The lowest BCUT2D eigenvalue weighted by molar-refractivity contribution is 0.652. The van der Waals surface area contributed by atoms with Crippen LogP contribution in [-0.2, 0) is 10.8 Å². The molecule has 0 N–H and O–H groups in total. The minimum absolute atomic E-state index is 0.104. The summed E-state index contributed by atoms with van der Waals surface area (Å²) in [6.07, 6.45) is 0. The molecule has 0 saturated heterocycles. The van der Waals surface area contributed by atoms with Crippen molar-refractivity contribution in [3.05, 3.63) is 156 Å². The summed E-state index contributed by atoms with van der Waals surface area (Å²) in [7, 11) is 0. The van der Waals surface area contributed by atoms with Crippen molar-refractivity contribution in [2.24, 2.45) is 0 Å². The molecule has 0 heterocycles. The van der Waals surface area contributed by atoms with E-state index in [1.807, 2.05) is 0 Å². The maximum absolute atomic E-state index is 2.58. The van der Waals surface area contributed by atoms with Crippen molar-refractivity contribution in [1.29, 1.82) is 0 Å². The van der Waals surface area contributed by atoms with Gasteiger partial charge in [-0.05, 0) is 94.4 Å². The van der Waals surface area contributed by atoms with E-state index < -0.39 is 0 Å². The number of rotatable bonds is 2. The van der Waals surface area contributed by atoms with Crippen LogP contribution in [0.2, 0.25) is 0 Å². The van der Waals surface area contributed by atoms with E-state index in [1.165, 1.54) is 88.3 Å². The summed E-state index contributed by atoms with van der Waals surface area (Å²) < 4.78 is 0. The van der Waals surface area contributed by atoms with Crippen LogP contribution in [0.25, 0.3) is 66.1 Å². The smallest absolute Gasteiger partial charge is 0.0165 e. The molecule has 0 saturated carbocycles. The first kappa shape index (κ1) is 25.5. The summed E-state index contributed by atoms with van der Waals surface area (Å²) in [6, 6.07) is 49.9. The van der Waals surface area contributed by atoms with E-state index in [4.69, 9.17) is 0 Å². The standard InChI is InChI=1S/C44H34/c1-43(2)35-24-14-12-22-32(35)40-37(43)26-34(42-41(40)33-23-13-15-25-36(33)44(42,3)4)39-30-20-10-8-18-28(30)38(27-16-6-5-7-17-27)29-19-9-11-21-31(29)39/h5-26H,1-4H3. The summed E-state index contributed by atoms with van der Waals surface area (Å²) in [5, 5.41) is 5.23. The van der Waals surface area contributed by atoms with Gasteiger partial charge in [0.2, 0.25) is 0 Å². The first-order valence-electron chi connectivity index (χ1n) is 15.8. The summed E-state index contributed by atoms with van der Waals surface area (Å²) in [4.78, 5) is 0. The van der Waals surface area contributed by atoms with E-state index in [0.717, 1.165) is 0 Å². The van der Waals surface area contributed by atoms with E-state index in [9.17, 15) is 0 Å². The molecule has 0 aromatic heterocycles. The number of hydrogen-bond acceptors (Lipinski definition) is 0. The van der Waals surface area contributed by atoms with Crippen LogP contribution >= 0.6 is 0 Å². The van der Waals surface area contributed by atoms with Crippen LogP contribution in [0.15, 0.2) is 133 Å². The van der Waals surface area contributed by atoms with Crippen molar-refractivity contribution in [1.82, 2.24) is 0 Å². The van der Waals surface area contributed by atoms with Gasteiger partial charge in [-0.3, -0.25) is 0 Å². The van der Waals surface area contributed by atoms with Crippen LogP contribution in [0.4, 0.5) is 0 Å². The molecule has 0 unspecified atom stereocenters. The fourth-order valence-electron chi connectivity index (χ4n) is 8.68. The van der Waals surface area contributed by atoms with Crippen molar-refractivity contribution in [3.8, 4) is 44.5 Å². The lowest BCUT2D eigenvalue weighted by Gasteiger charge is -2.29. The molecule has 0 radical (unpaired) electrons. The van der Waals surface area contributed by atoms with Gasteiger partial charge in [-0.1, -0.05) is 155 Å². The molecule has 0 amide bonds. The zero-order valence-electron chi connectivity index (χ0n) is 25.7. The van der Waals surface area contributed by atoms with E-state index in [2.05, 4.69) is 161 Å². The highest BCUT2D eigenvalue weighted by Crippen LogP contribution is 2.62. The average molecular weight is 563 g/mol. The van der Waals surface area contributed by atoms with E-state index in [1.54, 1.807) is 0 Å². The Morgan fingerprint density at radius 1 is 0.341 bits per heavy atom. The Morgan fingerprint density at radius 3 is 1.39 bits per heavy atom. The third-order valence-electron chi connectivity index (χ3n) is 10.6. The minimum atomic E-state index is -0.154. The molecule has 0 nitrogen and oxygen atoms in total. The monoisotopic (exact) mass is 562 g/mol. The Hall–Kier alpha value is -4.94. The minimum Gasteiger partial charge on any atom is -0.0622 e. The van der Waals surface area contributed by atoms with Crippen molar-refractivity contribution in [3.63, 3.8) is 0 Å². The molecule has 0 aliphatic heterocycles. The fourth-order valence-corrected chi connectivity index (χ4v) is 8.68. The summed E-state index contributed by atoms with van der Waals surface area (Å²) in [5.41, 5.74) is 16.4. The highest BCUT2D eigenvalue weighted by atomic mass is 14.5. The van der Waals surface area contributed by atoms with Gasteiger partial charge >= 0.3 is 0 Å². The highest BCUT2D eigenvalue weighted by Gasteiger charge is 2.45. The quantitative estimate of drug-likeness (QED) is 0.184. The molecule has 0 heteroatoms. The number of fused-ring (bicyclic) bond motifs is 9. The van der Waals surface area contributed by atoms with Crippen LogP contribution in [-0.4, -0.2) is 0 Å². The van der Waals surface area contributed by atoms with Gasteiger partial charge in [-0.2, -0.15) is 0 Å². The fraction of sp³-hybridized carbons (Fsp3) is 0.136. The first-order chi connectivity index (χ1) is 21.4. The summed E-state index contributed by atoms with van der Waals surface area (Å²) in [6.45, 7) is 9.69. The molecular formula is C44H34. The molecular weight excluding hydrogens is 528 g/mol. The SMILES string of the molecule is CC1(C)c2ccccc2-c2c1cc(-c1c3ccccc3c(-c3ccccc3)c3ccccc13)c1c2-c2ccccc2C1(C)C. The normalized spacial score (nSPS) is 15.2. The molecule has 210 valence electrons. The Morgan fingerprint density at radius 2 is 0.795 bits per heavy atom. The van der Waals surface area contributed by atoms with Crippen LogP contribution in [0.1, 0.15) is 49.9 Å². The van der Waals surface area contributed by atoms with Gasteiger partial charge in [-0.25, -0.2) is 0 Å². The van der Waals surface area contributed by atoms with Gasteiger partial charge in [-0.15, -0.1) is 0 Å². The highest BCUT2D eigenvalue weighted by molar-refractivity contribution is 6.22. The number of benzene rings is 7. The zero-order valence-corrected chi connectivity index (χ0v) is 25.7. The molecule has 0 atom stereocenters. The predicted molar refractivity (Wildman–Crippen MR) is 187 cm³/mol. The van der Waals surface area contributed by atoms with Crippen LogP contribution in [0, 0.1) is 0 Å². The van der Waals surface area contributed by atoms with Gasteiger partial charge < -0.3 is 0 Å². The van der Waals surface area contributed by atoms with Gasteiger partial charge in [0.1, 0.15) is 0 Å².